The molecule has 0 saturated heterocycles. The Morgan fingerprint density at radius 2 is 1.81 bits per heavy atom. The minimum Gasteiger partial charge on any atom is -0.396 e. The van der Waals surface area contributed by atoms with Crippen molar-refractivity contribution in [2.45, 2.75) is 58.3 Å². The van der Waals surface area contributed by atoms with Gasteiger partial charge in [-0.1, -0.05) is 13.8 Å². The van der Waals surface area contributed by atoms with Crippen LogP contribution in [0.1, 0.15) is 46.0 Å². The number of aliphatic hydroxyl groups excluding tert-OH is 3. The lowest BCUT2D eigenvalue weighted by molar-refractivity contribution is -0.159. The number of ether oxygens (including phenoxy) is 1. The van der Waals surface area contributed by atoms with E-state index in [4.69, 9.17) is 9.84 Å². The van der Waals surface area contributed by atoms with Gasteiger partial charge in [-0.05, 0) is 32.1 Å². The molecule has 0 spiro atoms. The molecule has 0 amide bonds. The summed E-state index contributed by atoms with van der Waals surface area (Å²) in [6.45, 7) is 4.57. The molecular weight excluding hydrogens is 208 g/mol. The minimum absolute atomic E-state index is 0.151. The summed E-state index contributed by atoms with van der Waals surface area (Å²) in [7, 11) is 0. The third-order valence-electron chi connectivity index (χ3n) is 2.73. The summed E-state index contributed by atoms with van der Waals surface area (Å²) in [5, 5.41) is 28.3. The van der Waals surface area contributed by atoms with E-state index in [9.17, 15) is 10.2 Å². The van der Waals surface area contributed by atoms with Gasteiger partial charge in [-0.15, -0.1) is 0 Å². The fourth-order valence-electron chi connectivity index (χ4n) is 1.71. The molecule has 0 bridgehead atoms. The highest BCUT2D eigenvalue weighted by Crippen LogP contribution is 2.19. The molecule has 3 N–H and O–H groups in total. The molecule has 98 valence electrons. The zero-order valence-electron chi connectivity index (χ0n) is 10.4. The Hall–Kier alpha value is -0.160. The highest BCUT2D eigenvalue weighted by atomic mass is 16.6. The van der Waals surface area contributed by atoms with Crippen molar-refractivity contribution in [1.29, 1.82) is 0 Å². The maximum absolute atomic E-state index is 9.88. The molecule has 0 aliphatic carbocycles. The van der Waals surface area contributed by atoms with Gasteiger partial charge in [0.15, 0.2) is 6.29 Å². The smallest absolute Gasteiger partial charge is 0.159 e. The number of hydrogen-bond donors (Lipinski definition) is 3. The van der Waals surface area contributed by atoms with Crippen molar-refractivity contribution >= 4 is 0 Å². The van der Waals surface area contributed by atoms with Gasteiger partial charge in [-0.3, -0.25) is 0 Å². The average molecular weight is 234 g/mol. The molecule has 0 heterocycles. The third kappa shape index (κ3) is 6.43. The van der Waals surface area contributed by atoms with Gasteiger partial charge in [-0.25, -0.2) is 0 Å². The summed E-state index contributed by atoms with van der Waals surface area (Å²) in [5.74, 6) is -0.231. The largest absolute Gasteiger partial charge is 0.396 e. The van der Waals surface area contributed by atoms with Crippen molar-refractivity contribution in [2.75, 3.05) is 13.2 Å². The Kier molecular flexibility index (Phi) is 9.92. The zero-order valence-corrected chi connectivity index (χ0v) is 10.4. The first-order valence-electron chi connectivity index (χ1n) is 6.25. The molecule has 3 atom stereocenters. The lowest BCUT2D eigenvalue weighted by Crippen LogP contribution is -2.33. The standard InChI is InChI=1S/C12H26O4/c1-3-9-16-12(15)10(4-2)11(14)7-5-6-8-13/h10-15H,3-9H2,1-2H3. The van der Waals surface area contributed by atoms with Crippen molar-refractivity contribution in [2.24, 2.45) is 5.92 Å². The second-order valence-corrected chi connectivity index (χ2v) is 4.12. The van der Waals surface area contributed by atoms with Crippen LogP contribution in [0.3, 0.4) is 0 Å². The van der Waals surface area contributed by atoms with E-state index in [-0.39, 0.29) is 12.5 Å². The summed E-state index contributed by atoms with van der Waals surface area (Å²) in [5.41, 5.74) is 0. The Morgan fingerprint density at radius 3 is 2.31 bits per heavy atom. The second kappa shape index (κ2) is 10.0. The van der Waals surface area contributed by atoms with Gasteiger partial charge in [0, 0.05) is 19.1 Å². The Labute approximate surface area is 98.2 Å². The lowest BCUT2D eigenvalue weighted by Gasteiger charge is -2.26. The van der Waals surface area contributed by atoms with Gasteiger partial charge in [0.05, 0.1) is 6.10 Å². The molecule has 4 nitrogen and oxygen atoms in total. The van der Waals surface area contributed by atoms with Gasteiger partial charge in [0.2, 0.25) is 0 Å². The van der Waals surface area contributed by atoms with Crippen molar-refractivity contribution in [3.8, 4) is 0 Å². The van der Waals surface area contributed by atoms with Gasteiger partial charge in [-0.2, -0.15) is 0 Å². The van der Waals surface area contributed by atoms with E-state index < -0.39 is 12.4 Å². The zero-order chi connectivity index (χ0) is 12.4. The lowest BCUT2D eigenvalue weighted by atomic mass is 9.94. The van der Waals surface area contributed by atoms with E-state index >= 15 is 0 Å². The average Bonchev–Trinajstić information content (AvgIpc) is 2.27. The summed E-state index contributed by atoms with van der Waals surface area (Å²) >= 11 is 0. The van der Waals surface area contributed by atoms with Crippen LogP contribution in [0, 0.1) is 5.92 Å². The summed E-state index contributed by atoms with van der Waals surface area (Å²) in [4.78, 5) is 0. The van der Waals surface area contributed by atoms with Crippen LogP contribution in [0.4, 0.5) is 0 Å². The van der Waals surface area contributed by atoms with Crippen molar-refractivity contribution in [3.63, 3.8) is 0 Å². The fraction of sp³-hybridized carbons (Fsp3) is 1.00. The first kappa shape index (κ1) is 15.8. The molecular formula is C12H26O4. The predicted octanol–water partition coefficient (Wildman–Crippen LogP) is 1.28. The maximum Gasteiger partial charge on any atom is 0.159 e. The van der Waals surface area contributed by atoms with Gasteiger partial charge in [0.1, 0.15) is 0 Å². The normalized spacial score (nSPS) is 17.1. The van der Waals surface area contributed by atoms with Crippen molar-refractivity contribution < 1.29 is 20.1 Å². The molecule has 0 fully saturated rings. The number of unbranched alkanes of at least 4 members (excludes halogenated alkanes) is 1. The molecule has 0 radical (unpaired) electrons. The highest BCUT2D eigenvalue weighted by molar-refractivity contribution is 4.70. The molecule has 0 aromatic carbocycles. The quantitative estimate of drug-likeness (QED) is 0.393. The van der Waals surface area contributed by atoms with Crippen LogP contribution in [0.2, 0.25) is 0 Å². The van der Waals surface area contributed by atoms with Crippen LogP contribution >= 0.6 is 0 Å². The topological polar surface area (TPSA) is 69.9 Å². The Morgan fingerprint density at radius 1 is 1.12 bits per heavy atom. The highest BCUT2D eigenvalue weighted by Gasteiger charge is 2.25. The first-order chi connectivity index (χ1) is 7.67. The molecule has 4 heteroatoms. The van der Waals surface area contributed by atoms with Crippen LogP contribution in [0.5, 0.6) is 0 Å². The molecule has 0 aromatic rings. The van der Waals surface area contributed by atoms with E-state index in [1.54, 1.807) is 0 Å². The van der Waals surface area contributed by atoms with Crippen molar-refractivity contribution in [3.05, 3.63) is 0 Å². The van der Waals surface area contributed by atoms with E-state index in [2.05, 4.69) is 0 Å². The summed E-state index contributed by atoms with van der Waals surface area (Å²) < 4.78 is 5.22. The van der Waals surface area contributed by atoms with Crippen LogP contribution in [-0.2, 0) is 4.74 Å². The molecule has 0 aliphatic heterocycles. The third-order valence-corrected chi connectivity index (χ3v) is 2.73. The molecule has 16 heavy (non-hydrogen) atoms. The van der Waals surface area contributed by atoms with E-state index in [1.807, 2.05) is 13.8 Å². The SMILES string of the molecule is CCCOC(O)C(CC)C(O)CCCCO. The number of aliphatic hydroxyl groups is 3. The molecule has 3 unspecified atom stereocenters. The second-order valence-electron chi connectivity index (χ2n) is 4.12. The molecule has 0 rings (SSSR count). The van der Waals surface area contributed by atoms with Crippen LogP contribution in [-0.4, -0.2) is 40.9 Å². The van der Waals surface area contributed by atoms with Crippen LogP contribution < -0.4 is 0 Å². The number of hydrogen-bond acceptors (Lipinski definition) is 4. The Balaban J connectivity index is 3.93. The van der Waals surface area contributed by atoms with Crippen molar-refractivity contribution in [1.82, 2.24) is 0 Å². The molecule has 0 aromatic heterocycles. The van der Waals surface area contributed by atoms with Crippen LogP contribution in [0.15, 0.2) is 0 Å². The molecule has 0 aliphatic rings. The van der Waals surface area contributed by atoms with E-state index in [0.29, 0.717) is 25.9 Å². The van der Waals surface area contributed by atoms with Gasteiger partial charge < -0.3 is 20.1 Å². The maximum atomic E-state index is 9.88. The van der Waals surface area contributed by atoms with E-state index in [0.717, 1.165) is 12.8 Å². The number of rotatable bonds is 10. The van der Waals surface area contributed by atoms with E-state index in [1.165, 1.54) is 0 Å². The minimum atomic E-state index is -0.880. The first-order valence-corrected chi connectivity index (χ1v) is 6.25. The molecule has 0 saturated carbocycles. The summed E-state index contributed by atoms with van der Waals surface area (Å²) in [6, 6.07) is 0. The monoisotopic (exact) mass is 234 g/mol. The predicted molar refractivity (Wildman–Crippen MR) is 63.0 cm³/mol. The summed E-state index contributed by atoms with van der Waals surface area (Å²) in [6.07, 6.45) is 2.18. The Bertz CT molecular complexity index is 152. The van der Waals surface area contributed by atoms with Gasteiger partial charge in [0.25, 0.3) is 0 Å². The van der Waals surface area contributed by atoms with Crippen LogP contribution in [0.25, 0.3) is 0 Å². The fourth-order valence-corrected chi connectivity index (χ4v) is 1.71. The van der Waals surface area contributed by atoms with Gasteiger partial charge >= 0.3 is 0 Å².